The molecule has 0 radical (unpaired) electrons. The lowest BCUT2D eigenvalue weighted by molar-refractivity contribution is -0.161. The fourth-order valence-corrected chi connectivity index (χ4v) is 7.55. The lowest BCUT2D eigenvalue weighted by Gasteiger charge is -2.18. The number of hydrogen-bond acceptors (Lipinski definition) is 6. The Hall–Kier alpha value is -1.21. The molecule has 0 heterocycles. The first-order chi connectivity index (χ1) is 27.3. The van der Waals surface area contributed by atoms with Gasteiger partial charge >= 0.3 is 19.8 Å². The summed E-state index contributed by atoms with van der Waals surface area (Å²) in [5.74, 6) is -0.879. The fourth-order valence-electron chi connectivity index (χ4n) is 7.19. The average molecular weight is 815 g/mol. The van der Waals surface area contributed by atoms with Gasteiger partial charge in [0.15, 0.2) is 6.10 Å². The van der Waals surface area contributed by atoms with Gasteiger partial charge in [0, 0.05) is 12.8 Å². The predicted molar refractivity (Wildman–Crippen MR) is 235 cm³/mol. The first-order valence-corrected chi connectivity index (χ1v) is 25.5. The number of carbonyl (C=O) groups is 2. The molecule has 0 bridgehead atoms. The van der Waals surface area contributed by atoms with Crippen molar-refractivity contribution in [3.05, 3.63) is 12.2 Å². The Labute approximate surface area is 346 Å². The van der Waals surface area contributed by atoms with Crippen LogP contribution in [0.15, 0.2) is 12.2 Å². The van der Waals surface area contributed by atoms with Crippen molar-refractivity contribution < 1.29 is 37.9 Å². The number of unbranched alkanes of at least 4 members (excludes halogenated alkanes) is 33. The van der Waals surface area contributed by atoms with Gasteiger partial charge in [0.1, 0.15) is 6.61 Å². The minimum Gasteiger partial charge on any atom is -0.462 e. The van der Waals surface area contributed by atoms with E-state index in [-0.39, 0.29) is 19.4 Å². The van der Waals surface area contributed by atoms with Crippen molar-refractivity contribution in [3.63, 3.8) is 0 Å². The lowest BCUT2D eigenvalue weighted by atomic mass is 10.0. The van der Waals surface area contributed by atoms with Crippen LogP contribution in [0, 0.1) is 0 Å². The van der Waals surface area contributed by atoms with Gasteiger partial charge in [0.2, 0.25) is 0 Å². The highest BCUT2D eigenvalue weighted by molar-refractivity contribution is 7.46. The summed E-state index contributed by atoms with van der Waals surface area (Å²) in [5, 5.41) is 0. The molecule has 0 aromatic carbocycles. The summed E-state index contributed by atoms with van der Waals surface area (Å²) in [6.07, 6.45) is 49.5. The zero-order chi connectivity index (χ0) is 41.1. The summed E-state index contributed by atoms with van der Waals surface area (Å²) in [7, 11) is -4.75. The molecule has 0 aromatic rings. The molecule has 0 aromatic heterocycles. The van der Waals surface area contributed by atoms with Gasteiger partial charge in [-0.1, -0.05) is 219 Å². The molecule has 0 amide bonds. The molecule has 56 heavy (non-hydrogen) atoms. The van der Waals surface area contributed by atoms with E-state index in [9.17, 15) is 14.2 Å². The number of phosphoric acid groups is 1. The number of rotatable bonds is 45. The summed E-state index contributed by atoms with van der Waals surface area (Å²) in [4.78, 5) is 43.0. The molecule has 8 nitrogen and oxygen atoms in total. The Morgan fingerprint density at radius 1 is 0.446 bits per heavy atom. The molecule has 0 aliphatic heterocycles. The second-order valence-electron chi connectivity index (χ2n) is 16.4. The van der Waals surface area contributed by atoms with Crippen LogP contribution in [0.2, 0.25) is 0 Å². The normalized spacial score (nSPS) is 12.4. The molecule has 0 rings (SSSR count). The SMILES string of the molecule is CCCCCCCC/C=C\CCCCCCCC(=O)OC(COC(=O)CCCCCCCCCCCCCCCCCCCCCCCCC)COP(=O)(O)O. The number of phosphoric ester groups is 1. The van der Waals surface area contributed by atoms with Gasteiger partial charge in [-0.2, -0.15) is 0 Å². The molecule has 2 N–H and O–H groups in total. The smallest absolute Gasteiger partial charge is 0.462 e. The zero-order valence-corrected chi connectivity index (χ0v) is 37.7. The molecule has 0 saturated carbocycles. The van der Waals surface area contributed by atoms with E-state index in [0.717, 1.165) is 51.4 Å². The maximum Gasteiger partial charge on any atom is 0.469 e. The summed E-state index contributed by atoms with van der Waals surface area (Å²) in [6.45, 7) is 3.71. The Bertz CT molecular complexity index is 920. The minimum atomic E-state index is -4.75. The monoisotopic (exact) mass is 815 g/mol. The minimum absolute atomic E-state index is 0.206. The highest BCUT2D eigenvalue weighted by Gasteiger charge is 2.23. The number of allylic oxidation sites excluding steroid dienone is 2. The van der Waals surface area contributed by atoms with E-state index in [0.29, 0.717) is 6.42 Å². The molecular formula is C47H91O8P. The van der Waals surface area contributed by atoms with Gasteiger partial charge in [-0.05, 0) is 38.5 Å². The van der Waals surface area contributed by atoms with E-state index in [4.69, 9.17) is 19.3 Å². The Balaban J connectivity index is 3.78. The average Bonchev–Trinajstić information content (AvgIpc) is 3.17. The second kappa shape index (κ2) is 43.4. The van der Waals surface area contributed by atoms with Crippen LogP contribution in [0.1, 0.15) is 258 Å². The van der Waals surface area contributed by atoms with Crippen LogP contribution in [0.4, 0.5) is 0 Å². The van der Waals surface area contributed by atoms with E-state index in [1.54, 1.807) is 0 Å². The molecule has 1 atom stereocenters. The van der Waals surface area contributed by atoms with Crippen molar-refractivity contribution in [3.8, 4) is 0 Å². The highest BCUT2D eigenvalue weighted by atomic mass is 31.2. The van der Waals surface area contributed by atoms with Crippen LogP contribution < -0.4 is 0 Å². The van der Waals surface area contributed by atoms with Crippen LogP contribution in [0.5, 0.6) is 0 Å². The van der Waals surface area contributed by atoms with Gasteiger partial charge in [-0.15, -0.1) is 0 Å². The summed E-state index contributed by atoms with van der Waals surface area (Å²) in [6, 6.07) is 0. The van der Waals surface area contributed by atoms with Crippen LogP contribution in [0.25, 0.3) is 0 Å². The van der Waals surface area contributed by atoms with E-state index < -0.39 is 32.5 Å². The molecule has 0 saturated heterocycles. The summed E-state index contributed by atoms with van der Waals surface area (Å²) >= 11 is 0. The largest absolute Gasteiger partial charge is 0.469 e. The van der Waals surface area contributed by atoms with Crippen molar-refractivity contribution in [2.24, 2.45) is 0 Å². The van der Waals surface area contributed by atoms with Gasteiger partial charge in [-0.3, -0.25) is 14.1 Å². The molecule has 0 aliphatic carbocycles. The third kappa shape index (κ3) is 45.5. The van der Waals surface area contributed by atoms with Gasteiger partial charge < -0.3 is 19.3 Å². The molecule has 0 aliphatic rings. The first-order valence-electron chi connectivity index (χ1n) is 24.0. The summed E-state index contributed by atoms with van der Waals surface area (Å²) in [5.41, 5.74) is 0. The van der Waals surface area contributed by atoms with Crippen molar-refractivity contribution in [1.82, 2.24) is 0 Å². The number of carbonyl (C=O) groups excluding carboxylic acids is 2. The summed E-state index contributed by atoms with van der Waals surface area (Å²) < 4.78 is 26.5. The Morgan fingerprint density at radius 3 is 1.09 bits per heavy atom. The maximum absolute atomic E-state index is 12.4. The highest BCUT2D eigenvalue weighted by Crippen LogP contribution is 2.36. The van der Waals surface area contributed by atoms with Crippen molar-refractivity contribution in [1.29, 1.82) is 0 Å². The lowest BCUT2D eigenvalue weighted by Crippen LogP contribution is -2.29. The molecule has 0 spiro atoms. The van der Waals surface area contributed by atoms with Gasteiger partial charge in [0.25, 0.3) is 0 Å². The Morgan fingerprint density at radius 2 is 0.750 bits per heavy atom. The van der Waals surface area contributed by atoms with Crippen LogP contribution in [-0.4, -0.2) is 41.0 Å². The van der Waals surface area contributed by atoms with E-state index >= 15 is 0 Å². The standard InChI is InChI=1S/C47H91O8P/c1-3-5-7-9-11-13-15-17-19-20-21-22-23-24-25-26-28-29-31-33-35-37-39-41-46(48)53-43-45(44-54-56(50,51)52)55-47(49)42-40-38-36-34-32-30-27-18-16-14-12-10-8-6-4-2/h18,27,45H,3-17,19-26,28-44H2,1-2H3,(H2,50,51,52)/b27-18-. The van der Waals surface area contributed by atoms with Crippen molar-refractivity contribution >= 4 is 19.8 Å². The molecule has 1 unspecified atom stereocenters. The second-order valence-corrected chi connectivity index (χ2v) is 17.7. The maximum atomic E-state index is 12.4. The Kier molecular flexibility index (Phi) is 42.4. The van der Waals surface area contributed by atoms with E-state index in [2.05, 4.69) is 30.5 Å². The number of hydrogen-bond donors (Lipinski definition) is 2. The van der Waals surface area contributed by atoms with Crippen LogP contribution >= 0.6 is 7.82 Å². The number of ether oxygens (including phenoxy) is 2. The molecule has 0 fully saturated rings. The first kappa shape index (κ1) is 54.8. The molecular weight excluding hydrogens is 723 g/mol. The fraction of sp³-hybridized carbons (Fsp3) is 0.915. The van der Waals surface area contributed by atoms with Crippen LogP contribution in [-0.2, 0) is 28.2 Å². The quantitative estimate of drug-likeness (QED) is 0.0270. The molecule has 9 heteroatoms. The third-order valence-corrected chi connectivity index (χ3v) is 11.3. The third-order valence-electron chi connectivity index (χ3n) is 10.8. The van der Waals surface area contributed by atoms with Crippen LogP contribution in [0.3, 0.4) is 0 Å². The van der Waals surface area contributed by atoms with E-state index in [1.165, 1.54) is 173 Å². The van der Waals surface area contributed by atoms with E-state index in [1.807, 2.05) is 0 Å². The molecule has 332 valence electrons. The predicted octanol–water partition coefficient (Wildman–Crippen LogP) is 15.0. The topological polar surface area (TPSA) is 119 Å². The van der Waals surface area contributed by atoms with Gasteiger partial charge in [-0.25, -0.2) is 4.57 Å². The van der Waals surface area contributed by atoms with Crippen molar-refractivity contribution in [2.45, 2.75) is 264 Å². The number of esters is 2. The van der Waals surface area contributed by atoms with Gasteiger partial charge in [0.05, 0.1) is 6.61 Å². The van der Waals surface area contributed by atoms with Crippen molar-refractivity contribution in [2.75, 3.05) is 13.2 Å². The zero-order valence-electron chi connectivity index (χ0n) is 36.8.